The summed E-state index contributed by atoms with van der Waals surface area (Å²) in [5.74, 6) is -1.88. The van der Waals surface area contributed by atoms with E-state index in [1.807, 2.05) is 0 Å². The monoisotopic (exact) mass is 196 g/mol. The zero-order valence-electron chi connectivity index (χ0n) is 6.82. The third kappa shape index (κ3) is 1.19. The summed E-state index contributed by atoms with van der Waals surface area (Å²) in [4.78, 5) is 10.8. The van der Waals surface area contributed by atoms with Crippen LogP contribution in [0.3, 0.4) is 0 Å². The van der Waals surface area contributed by atoms with E-state index in [1.54, 1.807) is 0 Å². The van der Waals surface area contributed by atoms with Gasteiger partial charge >= 0.3 is 5.63 Å². The van der Waals surface area contributed by atoms with Gasteiger partial charge in [0.2, 0.25) is 0 Å². The minimum atomic E-state index is -0.911. The van der Waals surface area contributed by atoms with E-state index < -0.39 is 17.2 Å². The van der Waals surface area contributed by atoms with E-state index in [-0.39, 0.29) is 16.7 Å². The lowest BCUT2D eigenvalue weighted by molar-refractivity contribution is 0.429. The third-order valence-electron chi connectivity index (χ3n) is 1.79. The number of hydrogen-bond donors (Lipinski definition) is 2. The van der Waals surface area contributed by atoms with Crippen LogP contribution in [0.5, 0.6) is 11.5 Å². The molecular weight excluding hydrogens is 191 g/mol. The second kappa shape index (κ2) is 2.73. The van der Waals surface area contributed by atoms with Gasteiger partial charge in [0.05, 0.1) is 11.5 Å². The van der Waals surface area contributed by atoms with Crippen LogP contribution in [-0.4, -0.2) is 10.2 Å². The molecule has 0 aliphatic carbocycles. The van der Waals surface area contributed by atoms with Crippen molar-refractivity contribution in [2.24, 2.45) is 0 Å². The molecule has 0 bridgehead atoms. The molecule has 1 aromatic heterocycles. The normalized spacial score (nSPS) is 10.6. The maximum absolute atomic E-state index is 12.8. The van der Waals surface area contributed by atoms with E-state index >= 15 is 0 Å². The minimum Gasteiger partial charge on any atom is -0.507 e. The van der Waals surface area contributed by atoms with E-state index in [1.165, 1.54) is 0 Å². The highest BCUT2D eigenvalue weighted by atomic mass is 19.1. The van der Waals surface area contributed by atoms with Crippen molar-refractivity contribution >= 4 is 11.0 Å². The largest absolute Gasteiger partial charge is 0.507 e. The fourth-order valence-electron chi connectivity index (χ4n) is 1.16. The third-order valence-corrected chi connectivity index (χ3v) is 1.79. The van der Waals surface area contributed by atoms with Crippen LogP contribution in [0.15, 0.2) is 27.4 Å². The number of rotatable bonds is 0. The first-order valence-corrected chi connectivity index (χ1v) is 3.73. The highest BCUT2D eigenvalue weighted by Crippen LogP contribution is 2.28. The first kappa shape index (κ1) is 8.55. The lowest BCUT2D eigenvalue weighted by Gasteiger charge is -2.00. The van der Waals surface area contributed by atoms with Crippen LogP contribution in [0.1, 0.15) is 0 Å². The lowest BCUT2D eigenvalue weighted by Crippen LogP contribution is -1.95. The Bertz CT molecular complexity index is 558. The van der Waals surface area contributed by atoms with Crippen LogP contribution in [0.2, 0.25) is 0 Å². The molecule has 1 heterocycles. The predicted octanol–water partition coefficient (Wildman–Crippen LogP) is 1.34. The topological polar surface area (TPSA) is 70.7 Å². The Balaban J connectivity index is 2.96. The van der Waals surface area contributed by atoms with E-state index in [0.717, 1.165) is 18.2 Å². The number of aromatic hydroxyl groups is 2. The summed E-state index contributed by atoms with van der Waals surface area (Å²) in [5, 5.41) is 18.4. The molecule has 0 radical (unpaired) electrons. The van der Waals surface area contributed by atoms with Gasteiger partial charge in [0.1, 0.15) is 11.3 Å². The van der Waals surface area contributed by atoms with Crippen molar-refractivity contribution < 1.29 is 19.0 Å². The molecule has 14 heavy (non-hydrogen) atoms. The van der Waals surface area contributed by atoms with Crippen molar-refractivity contribution in [1.29, 1.82) is 0 Å². The van der Waals surface area contributed by atoms with Gasteiger partial charge in [-0.05, 0) is 6.07 Å². The Morgan fingerprint density at radius 3 is 2.57 bits per heavy atom. The molecule has 0 atom stereocenters. The van der Waals surface area contributed by atoms with E-state index in [9.17, 15) is 14.3 Å². The second-order valence-electron chi connectivity index (χ2n) is 2.75. The maximum atomic E-state index is 12.8. The minimum absolute atomic E-state index is 0.0866. The van der Waals surface area contributed by atoms with Crippen molar-refractivity contribution in [3.63, 3.8) is 0 Å². The quantitative estimate of drug-likeness (QED) is 0.624. The first-order chi connectivity index (χ1) is 6.58. The summed E-state index contributed by atoms with van der Waals surface area (Å²) in [6.45, 7) is 0. The molecule has 4 nitrogen and oxygen atoms in total. The Kier molecular flexibility index (Phi) is 1.67. The second-order valence-corrected chi connectivity index (χ2v) is 2.75. The van der Waals surface area contributed by atoms with E-state index in [0.29, 0.717) is 0 Å². The summed E-state index contributed by atoms with van der Waals surface area (Å²) < 4.78 is 17.4. The summed E-state index contributed by atoms with van der Waals surface area (Å²) in [6, 6.07) is 2.68. The standard InChI is InChI=1S/C9H5FO4/c10-5-2-8-4(1-7(5)12)6(11)3-9(13)14-8/h1-3,11-12H. The average Bonchev–Trinajstić information content (AvgIpc) is 2.08. The van der Waals surface area contributed by atoms with Gasteiger partial charge in [0.25, 0.3) is 0 Å². The van der Waals surface area contributed by atoms with Gasteiger partial charge in [-0.1, -0.05) is 0 Å². The fourth-order valence-corrected chi connectivity index (χ4v) is 1.16. The van der Waals surface area contributed by atoms with Gasteiger partial charge in [-0.3, -0.25) is 0 Å². The molecular formula is C9H5FO4. The molecule has 0 unspecified atom stereocenters. The summed E-state index contributed by atoms with van der Waals surface area (Å²) in [7, 11) is 0. The Labute approximate surface area is 76.8 Å². The zero-order chi connectivity index (χ0) is 10.3. The molecule has 2 N–H and O–H groups in total. The number of fused-ring (bicyclic) bond motifs is 1. The fraction of sp³-hybridized carbons (Fsp3) is 0. The molecule has 0 fully saturated rings. The number of benzene rings is 1. The van der Waals surface area contributed by atoms with Gasteiger partial charge in [-0.2, -0.15) is 0 Å². The van der Waals surface area contributed by atoms with E-state index in [4.69, 9.17) is 5.11 Å². The van der Waals surface area contributed by atoms with Crippen LogP contribution in [0.4, 0.5) is 4.39 Å². The van der Waals surface area contributed by atoms with E-state index in [2.05, 4.69) is 4.42 Å². The van der Waals surface area contributed by atoms with Crippen molar-refractivity contribution in [3.05, 3.63) is 34.4 Å². The molecule has 5 heteroatoms. The molecule has 72 valence electrons. The van der Waals surface area contributed by atoms with Crippen LogP contribution in [0, 0.1) is 5.82 Å². The molecule has 0 aliphatic rings. The molecule has 0 spiro atoms. The zero-order valence-corrected chi connectivity index (χ0v) is 6.82. The van der Waals surface area contributed by atoms with Crippen molar-refractivity contribution in [2.75, 3.05) is 0 Å². The number of phenolic OH excluding ortho intramolecular Hbond substituents is 1. The Hall–Kier alpha value is -2.04. The summed E-state index contributed by atoms with van der Waals surface area (Å²) >= 11 is 0. The van der Waals surface area contributed by atoms with Crippen LogP contribution < -0.4 is 5.63 Å². The number of hydrogen-bond acceptors (Lipinski definition) is 4. The highest BCUT2D eigenvalue weighted by Gasteiger charge is 2.09. The van der Waals surface area contributed by atoms with Crippen LogP contribution in [-0.2, 0) is 0 Å². The van der Waals surface area contributed by atoms with Gasteiger partial charge < -0.3 is 14.6 Å². The molecule has 0 aliphatic heterocycles. The van der Waals surface area contributed by atoms with Crippen molar-refractivity contribution in [3.8, 4) is 11.5 Å². The van der Waals surface area contributed by atoms with Crippen molar-refractivity contribution in [1.82, 2.24) is 0 Å². The SMILES string of the molecule is O=c1cc(O)c2cc(O)c(F)cc2o1. The van der Waals surface area contributed by atoms with Gasteiger partial charge in [0, 0.05) is 6.07 Å². The molecule has 0 saturated heterocycles. The molecule has 1 aromatic carbocycles. The van der Waals surface area contributed by atoms with Gasteiger partial charge in [0.15, 0.2) is 11.6 Å². The summed E-state index contributed by atoms with van der Waals surface area (Å²) in [6.07, 6.45) is 0. The molecule has 0 amide bonds. The number of halogens is 1. The van der Waals surface area contributed by atoms with Crippen LogP contribution >= 0.6 is 0 Å². The molecule has 2 rings (SSSR count). The van der Waals surface area contributed by atoms with Gasteiger partial charge in [-0.15, -0.1) is 0 Å². The Morgan fingerprint density at radius 2 is 1.86 bits per heavy atom. The smallest absolute Gasteiger partial charge is 0.339 e. The first-order valence-electron chi connectivity index (χ1n) is 3.73. The summed E-state index contributed by atoms with van der Waals surface area (Å²) in [5.41, 5.74) is -0.884. The average molecular weight is 196 g/mol. The number of phenols is 1. The highest BCUT2D eigenvalue weighted by molar-refractivity contribution is 5.84. The molecule has 0 saturated carbocycles. The van der Waals surface area contributed by atoms with Crippen LogP contribution in [0.25, 0.3) is 11.0 Å². The predicted molar refractivity (Wildman–Crippen MR) is 45.8 cm³/mol. The molecule has 2 aromatic rings. The lowest BCUT2D eigenvalue weighted by atomic mass is 10.2. The van der Waals surface area contributed by atoms with Gasteiger partial charge in [-0.25, -0.2) is 9.18 Å². The Morgan fingerprint density at radius 1 is 1.14 bits per heavy atom. The van der Waals surface area contributed by atoms with Crippen molar-refractivity contribution in [2.45, 2.75) is 0 Å². The maximum Gasteiger partial charge on any atom is 0.339 e.